The zero-order chi connectivity index (χ0) is 46.0. The summed E-state index contributed by atoms with van der Waals surface area (Å²) in [6.45, 7) is 8.67. The summed E-state index contributed by atoms with van der Waals surface area (Å²) in [6.07, 6.45) is 57.9. The average Bonchev–Trinajstić information content (AvgIpc) is 3.27. The van der Waals surface area contributed by atoms with Crippen LogP contribution in [0.5, 0.6) is 0 Å². The van der Waals surface area contributed by atoms with Crippen molar-refractivity contribution >= 4 is 37.5 Å². The van der Waals surface area contributed by atoms with Crippen LogP contribution >= 0.6 is 0 Å². The smallest absolute Gasteiger partial charge is 0.0654 e. The Balaban J connectivity index is 4.56. The van der Waals surface area contributed by atoms with Gasteiger partial charge in [-0.05, 0) is 0 Å². The number of rotatable bonds is 52. The Labute approximate surface area is 399 Å². The van der Waals surface area contributed by atoms with Gasteiger partial charge in [0.05, 0.1) is 0 Å². The van der Waals surface area contributed by atoms with Crippen LogP contribution in [0.15, 0.2) is 0 Å². The molecule has 0 aromatic rings. The van der Waals surface area contributed by atoms with Gasteiger partial charge in [0.2, 0.25) is 0 Å². The fraction of sp³-hybridized carbons (Fsp3) is 0.946. The quantitative estimate of drug-likeness (QED) is 0.0446. The zero-order valence-electron chi connectivity index (χ0n) is 43.1. The Bertz CT molecular complexity index is 855. The fourth-order valence-electron chi connectivity index (χ4n) is 8.87. The SMILES string of the molecule is CCCCCCCCCCCCCCCCCC(=O)[O][Sn]([CH2]C)([O]C(=O)CCCCCCCCCCCCCCCCC)[O]C(=O)CCCCCCCCCCCCCCCCC. The molecule has 0 aliphatic carbocycles. The first-order valence-electron chi connectivity index (χ1n) is 28.6. The molecular weight excluding hydrogens is 887 g/mol. The monoisotopic (exact) mass is 999 g/mol. The molecule has 0 aromatic carbocycles. The third-order valence-electron chi connectivity index (χ3n) is 13.2. The normalized spacial score (nSPS) is 11.6. The summed E-state index contributed by atoms with van der Waals surface area (Å²) in [5.41, 5.74) is 0. The molecule has 0 saturated carbocycles. The van der Waals surface area contributed by atoms with Gasteiger partial charge in [-0.25, -0.2) is 0 Å². The predicted octanol–water partition coefficient (Wildman–Crippen LogP) is 19.4. The van der Waals surface area contributed by atoms with Crippen LogP contribution in [0.2, 0.25) is 4.44 Å². The number of carbonyl (C=O) groups excluding carboxylic acids is 3. The molecule has 0 rings (SSSR count). The molecule has 6 nitrogen and oxygen atoms in total. The minimum atomic E-state index is -4.78. The molecule has 0 heterocycles. The molecule has 0 atom stereocenters. The summed E-state index contributed by atoms with van der Waals surface area (Å²) in [4.78, 5) is 39.5. The van der Waals surface area contributed by atoms with Gasteiger partial charge in [-0.1, -0.05) is 136 Å². The van der Waals surface area contributed by atoms with Crippen molar-refractivity contribution in [2.45, 2.75) is 340 Å². The summed E-state index contributed by atoms with van der Waals surface area (Å²) in [6, 6.07) is 0. The van der Waals surface area contributed by atoms with Gasteiger partial charge in [-0.15, -0.1) is 0 Å². The van der Waals surface area contributed by atoms with Crippen LogP contribution < -0.4 is 0 Å². The number of carbonyl (C=O) groups is 3. The summed E-state index contributed by atoms with van der Waals surface area (Å²) < 4.78 is 18.3. The van der Waals surface area contributed by atoms with Gasteiger partial charge in [0.15, 0.2) is 0 Å². The molecule has 0 aliphatic heterocycles. The van der Waals surface area contributed by atoms with E-state index in [1.165, 1.54) is 231 Å². The predicted molar refractivity (Wildman–Crippen MR) is 273 cm³/mol. The number of hydrogen-bond donors (Lipinski definition) is 0. The molecule has 0 bridgehead atoms. The van der Waals surface area contributed by atoms with E-state index in [1.807, 2.05) is 6.92 Å². The van der Waals surface area contributed by atoms with Crippen molar-refractivity contribution in [2.75, 3.05) is 0 Å². The maximum atomic E-state index is 13.2. The summed E-state index contributed by atoms with van der Waals surface area (Å²) in [5, 5.41) is 0. The van der Waals surface area contributed by atoms with Gasteiger partial charge in [0.25, 0.3) is 0 Å². The van der Waals surface area contributed by atoms with E-state index >= 15 is 0 Å². The minimum Gasteiger partial charge on any atom is -0.0654 e. The van der Waals surface area contributed by atoms with Crippen molar-refractivity contribution in [3.05, 3.63) is 0 Å². The van der Waals surface area contributed by atoms with E-state index in [-0.39, 0.29) is 41.6 Å². The van der Waals surface area contributed by atoms with Crippen LogP contribution in [-0.2, 0) is 23.6 Å². The van der Waals surface area contributed by atoms with Gasteiger partial charge < -0.3 is 0 Å². The molecule has 0 N–H and O–H groups in total. The van der Waals surface area contributed by atoms with Crippen molar-refractivity contribution in [1.29, 1.82) is 0 Å². The molecule has 0 aliphatic rings. The molecule has 0 radical (unpaired) electrons. The molecule has 0 aromatic heterocycles. The first-order valence-corrected chi connectivity index (χ1v) is 34.1. The Morgan fingerprint density at radius 3 is 0.524 bits per heavy atom. The van der Waals surface area contributed by atoms with Crippen molar-refractivity contribution < 1.29 is 23.6 Å². The van der Waals surface area contributed by atoms with E-state index in [0.717, 1.165) is 57.8 Å². The van der Waals surface area contributed by atoms with E-state index in [1.54, 1.807) is 0 Å². The van der Waals surface area contributed by atoms with E-state index in [4.69, 9.17) is 9.22 Å². The van der Waals surface area contributed by atoms with Gasteiger partial charge in [-0.2, -0.15) is 0 Å². The molecule has 0 saturated heterocycles. The molecule has 0 fully saturated rings. The Morgan fingerprint density at radius 2 is 0.381 bits per heavy atom. The molecule has 374 valence electrons. The van der Waals surface area contributed by atoms with Crippen molar-refractivity contribution in [3.8, 4) is 0 Å². The van der Waals surface area contributed by atoms with Gasteiger partial charge >= 0.3 is 265 Å². The second-order valence-electron chi connectivity index (χ2n) is 19.6. The van der Waals surface area contributed by atoms with Crippen LogP contribution in [-0.4, -0.2) is 37.5 Å². The summed E-state index contributed by atoms with van der Waals surface area (Å²) >= 11 is -4.78. The number of hydrogen-bond acceptors (Lipinski definition) is 6. The van der Waals surface area contributed by atoms with Gasteiger partial charge in [0, 0.05) is 0 Å². The van der Waals surface area contributed by atoms with Crippen LogP contribution in [0.4, 0.5) is 0 Å². The van der Waals surface area contributed by atoms with Crippen molar-refractivity contribution in [3.63, 3.8) is 0 Å². The number of unbranched alkanes of at least 4 members (excludes halogenated alkanes) is 42. The van der Waals surface area contributed by atoms with Crippen molar-refractivity contribution in [2.24, 2.45) is 0 Å². The Kier molecular flexibility index (Phi) is 50.0. The minimum absolute atomic E-state index is 0.282. The summed E-state index contributed by atoms with van der Waals surface area (Å²) in [5.74, 6) is -1.12. The Hall–Kier alpha value is -0.791. The van der Waals surface area contributed by atoms with Crippen LogP contribution in [0.1, 0.15) is 336 Å². The third-order valence-corrected chi connectivity index (χ3v) is 20.3. The van der Waals surface area contributed by atoms with Gasteiger partial charge in [0.1, 0.15) is 0 Å². The van der Waals surface area contributed by atoms with E-state index in [0.29, 0.717) is 0 Å². The molecule has 0 spiro atoms. The van der Waals surface area contributed by atoms with Crippen molar-refractivity contribution in [1.82, 2.24) is 0 Å². The molecule has 0 unspecified atom stereocenters. The molecule has 63 heavy (non-hydrogen) atoms. The van der Waals surface area contributed by atoms with E-state index < -0.39 is 19.6 Å². The third kappa shape index (κ3) is 46.1. The van der Waals surface area contributed by atoms with Crippen LogP contribution in [0.25, 0.3) is 0 Å². The average molecular weight is 998 g/mol. The van der Waals surface area contributed by atoms with Gasteiger partial charge in [-0.3, -0.25) is 0 Å². The van der Waals surface area contributed by atoms with Crippen LogP contribution in [0, 0.1) is 0 Å². The summed E-state index contributed by atoms with van der Waals surface area (Å²) in [7, 11) is 0. The molecular formula is C56H110O6Sn. The van der Waals surface area contributed by atoms with E-state index in [9.17, 15) is 14.4 Å². The topological polar surface area (TPSA) is 78.9 Å². The molecule has 0 amide bonds. The Morgan fingerprint density at radius 1 is 0.238 bits per heavy atom. The maximum absolute atomic E-state index is 13.2. The fourth-order valence-corrected chi connectivity index (χ4v) is 14.3. The first kappa shape index (κ1) is 62.2. The first-order chi connectivity index (χ1) is 30.9. The molecule has 7 heteroatoms. The second kappa shape index (κ2) is 50.6. The second-order valence-corrected chi connectivity index (χ2v) is 27.2. The standard InChI is InChI=1S/3C18H36O2.C2H5.Sn/c3*1-2-3-4-5-6-7-8-9-10-11-12-13-14-15-16-17-18(19)20;1-2;/h3*2-17H2,1H3,(H,19,20);1H2,2H3;/q;;;;+3/p-3. The zero-order valence-corrected chi connectivity index (χ0v) is 46.0. The van der Waals surface area contributed by atoms with Crippen LogP contribution in [0.3, 0.4) is 0 Å². The van der Waals surface area contributed by atoms with E-state index in [2.05, 4.69) is 20.8 Å².